The van der Waals surface area contributed by atoms with Gasteiger partial charge in [0, 0.05) is 28.5 Å². The van der Waals surface area contributed by atoms with E-state index in [1.165, 1.54) is 0 Å². The van der Waals surface area contributed by atoms with E-state index < -0.39 is 34.9 Å². The number of halogens is 5. The fraction of sp³-hybridized carbons (Fsp3) is 0.462. The second kappa shape index (κ2) is 10.5. The number of amides is 2. The highest BCUT2D eigenvalue weighted by Crippen LogP contribution is 2.50. The van der Waals surface area contributed by atoms with E-state index in [2.05, 4.69) is 26.6 Å². The first-order valence-electron chi connectivity index (χ1n) is 12.0. The fourth-order valence-corrected chi connectivity index (χ4v) is 5.01. The van der Waals surface area contributed by atoms with Crippen LogP contribution in [-0.2, 0) is 27.6 Å². The molecule has 194 valence electrons. The summed E-state index contributed by atoms with van der Waals surface area (Å²) < 4.78 is 54.5. The monoisotopic (exact) mass is 569 g/mol. The summed E-state index contributed by atoms with van der Waals surface area (Å²) in [6.07, 6.45) is -0.824. The van der Waals surface area contributed by atoms with E-state index in [-0.39, 0.29) is 42.8 Å². The van der Waals surface area contributed by atoms with Crippen LogP contribution in [0.4, 0.5) is 17.6 Å². The predicted molar refractivity (Wildman–Crippen MR) is 130 cm³/mol. The summed E-state index contributed by atoms with van der Waals surface area (Å²) in [6, 6.07) is 8.69. The van der Waals surface area contributed by atoms with Crippen LogP contribution < -0.4 is 16.4 Å². The van der Waals surface area contributed by atoms with E-state index in [9.17, 15) is 27.2 Å². The van der Waals surface area contributed by atoms with Crippen molar-refractivity contribution in [1.29, 1.82) is 0 Å². The minimum Gasteiger partial charge on any atom is -0.352 e. The Morgan fingerprint density at radius 1 is 1.06 bits per heavy atom. The maximum atomic E-state index is 14.7. The maximum absolute atomic E-state index is 14.7. The van der Waals surface area contributed by atoms with Crippen molar-refractivity contribution in [3.05, 3.63) is 69.4 Å². The Morgan fingerprint density at radius 3 is 2.25 bits per heavy atom. The summed E-state index contributed by atoms with van der Waals surface area (Å²) in [5.74, 6) is -2.00. The first-order chi connectivity index (χ1) is 17.0. The molecule has 1 atom stereocenters. The Hall–Kier alpha value is -2.46. The molecule has 4 rings (SSSR count). The molecule has 5 nitrogen and oxygen atoms in total. The molecule has 0 aromatic heterocycles. The largest absolute Gasteiger partial charge is 0.416 e. The molecule has 0 bridgehead atoms. The van der Waals surface area contributed by atoms with Gasteiger partial charge in [-0.05, 0) is 68.4 Å². The normalized spacial score (nSPS) is 21.9. The van der Waals surface area contributed by atoms with Crippen LogP contribution in [0.2, 0.25) is 0 Å². The van der Waals surface area contributed by atoms with E-state index in [1.807, 2.05) is 24.3 Å². The Kier molecular flexibility index (Phi) is 7.75. The molecule has 2 aliphatic carbocycles. The molecule has 10 heteroatoms. The molecule has 1 unspecified atom stereocenters. The third kappa shape index (κ3) is 6.08. The lowest BCUT2D eigenvalue weighted by Crippen LogP contribution is -2.53. The molecule has 0 saturated heterocycles. The molecule has 2 amide bonds. The zero-order chi connectivity index (χ0) is 26.1. The number of alkyl halides is 3. The van der Waals surface area contributed by atoms with Gasteiger partial charge < -0.3 is 16.4 Å². The molecule has 2 aromatic rings. The molecule has 2 saturated carbocycles. The lowest BCUT2D eigenvalue weighted by molar-refractivity contribution is -0.137. The number of hydrogen-bond acceptors (Lipinski definition) is 3. The van der Waals surface area contributed by atoms with Crippen LogP contribution in [-0.4, -0.2) is 29.9 Å². The van der Waals surface area contributed by atoms with Gasteiger partial charge in [0.15, 0.2) is 0 Å². The Morgan fingerprint density at radius 2 is 1.69 bits per heavy atom. The van der Waals surface area contributed by atoms with Gasteiger partial charge in [0.1, 0.15) is 11.9 Å². The lowest BCUT2D eigenvalue weighted by Gasteiger charge is -2.29. The highest BCUT2D eigenvalue weighted by molar-refractivity contribution is 9.10. The molecular weight excluding hydrogens is 542 g/mol. The van der Waals surface area contributed by atoms with Crippen LogP contribution >= 0.6 is 15.9 Å². The van der Waals surface area contributed by atoms with Crippen molar-refractivity contribution < 1.29 is 27.2 Å². The van der Waals surface area contributed by atoms with E-state index in [0.29, 0.717) is 6.07 Å². The van der Waals surface area contributed by atoms with E-state index >= 15 is 0 Å². The summed E-state index contributed by atoms with van der Waals surface area (Å²) in [5.41, 5.74) is 4.29. The third-order valence-electron chi connectivity index (χ3n) is 7.09. The van der Waals surface area contributed by atoms with Crippen LogP contribution in [0.25, 0.3) is 0 Å². The van der Waals surface area contributed by atoms with Crippen molar-refractivity contribution in [2.24, 2.45) is 5.73 Å². The second-order valence-corrected chi connectivity index (χ2v) is 10.7. The molecule has 4 N–H and O–H groups in total. The van der Waals surface area contributed by atoms with Crippen molar-refractivity contribution in [3.8, 4) is 0 Å². The van der Waals surface area contributed by atoms with Crippen molar-refractivity contribution in [2.75, 3.05) is 0 Å². The van der Waals surface area contributed by atoms with Crippen molar-refractivity contribution >= 4 is 27.7 Å². The summed E-state index contributed by atoms with van der Waals surface area (Å²) >= 11 is 3.37. The second-order valence-electron chi connectivity index (χ2n) is 9.75. The summed E-state index contributed by atoms with van der Waals surface area (Å²) in [7, 11) is 0. The van der Waals surface area contributed by atoms with Crippen LogP contribution in [0.5, 0.6) is 0 Å². The first-order valence-corrected chi connectivity index (χ1v) is 12.8. The van der Waals surface area contributed by atoms with Gasteiger partial charge in [-0.1, -0.05) is 34.1 Å². The molecule has 0 heterocycles. The lowest BCUT2D eigenvalue weighted by atomic mass is 9.91. The highest BCUT2D eigenvalue weighted by Gasteiger charge is 2.53. The van der Waals surface area contributed by atoms with Gasteiger partial charge in [-0.2, -0.15) is 13.2 Å². The molecule has 2 aromatic carbocycles. The molecule has 0 radical (unpaired) electrons. The zero-order valence-corrected chi connectivity index (χ0v) is 21.1. The Bertz CT molecular complexity index is 1110. The van der Waals surface area contributed by atoms with Crippen molar-refractivity contribution in [2.45, 2.75) is 74.7 Å². The molecule has 0 aliphatic heterocycles. The quantitative estimate of drug-likeness (QED) is 0.421. The number of hydrogen-bond donors (Lipinski definition) is 3. The third-order valence-corrected chi connectivity index (χ3v) is 7.62. The summed E-state index contributed by atoms with van der Waals surface area (Å²) in [5, 5.41) is 5.78. The average Bonchev–Trinajstić information content (AvgIpc) is 3.63. The smallest absolute Gasteiger partial charge is 0.352 e. The van der Waals surface area contributed by atoms with E-state index in [1.54, 1.807) is 0 Å². The zero-order valence-electron chi connectivity index (χ0n) is 19.5. The van der Waals surface area contributed by atoms with Crippen LogP contribution in [0.15, 0.2) is 46.9 Å². The number of nitrogens with two attached hydrogens (primary N) is 1. The van der Waals surface area contributed by atoms with Crippen molar-refractivity contribution in [3.63, 3.8) is 0 Å². The van der Waals surface area contributed by atoms with E-state index in [0.717, 1.165) is 47.9 Å². The maximum Gasteiger partial charge on any atom is 0.416 e. The van der Waals surface area contributed by atoms with Gasteiger partial charge >= 0.3 is 6.18 Å². The SMILES string of the molecule is N[C@H]1CC[C@@H](NC(=O)C(Cc2ccc(Br)cc2)NC(=O)C2(c3ccc(C(F)(F)F)cc3F)CC2)CC1. The number of carbonyl (C=O) groups excluding carboxylic acids is 2. The van der Waals surface area contributed by atoms with Crippen molar-refractivity contribution in [1.82, 2.24) is 10.6 Å². The highest BCUT2D eigenvalue weighted by atomic mass is 79.9. The molecule has 36 heavy (non-hydrogen) atoms. The average molecular weight is 570 g/mol. The topological polar surface area (TPSA) is 84.2 Å². The van der Waals surface area contributed by atoms with Gasteiger partial charge in [0.25, 0.3) is 0 Å². The predicted octanol–water partition coefficient (Wildman–Crippen LogP) is 4.75. The van der Waals surface area contributed by atoms with Gasteiger partial charge in [0.2, 0.25) is 11.8 Å². The van der Waals surface area contributed by atoms with Crippen LogP contribution in [0.3, 0.4) is 0 Å². The molecule has 2 aliphatic rings. The number of carbonyl (C=O) groups is 2. The van der Waals surface area contributed by atoms with Crippen LogP contribution in [0.1, 0.15) is 55.2 Å². The molecule has 2 fully saturated rings. The fourth-order valence-electron chi connectivity index (χ4n) is 4.75. The Balaban J connectivity index is 1.53. The number of rotatable bonds is 7. The van der Waals surface area contributed by atoms with E-state index in [4.69, 9.17) is 5.73 Å². The van der Waals surface area contributed by atoms with Gasteiger partial charge in [-0.3, -0.25) is 9.59 Å². The van der Waals surface area contributed by atoms with Gasteiger partial charge in [-0.15, -0.1) is 0 Å². The minimum absolute atomic E-state index is 0.0520. The summed E-state index contributed by atoms with van der Waals surface area (Å²) in [4.78, 5) is 26.6. The number of benzene rings is 2. The minimum atomic E-state index is -4.69. The Labute approximate surface area is 215 Å². The van der Waals surface area contributed by atoms with Gasteiger partial charge in [-0.25, -0.2) is 4.39 Å². The molecular formula is C26H28BrF4N3O2. The van der Waals surface area contributed by atoms with Gasteiger partial charge in [0.05, 0.1) is 11.0 Å². The van der Waals surface area contributed by atoms with Crippen LogP contribution in [0, 0.1) is 5.82 Å². The number of nitrogens with one attached hydrogen (secondary N) is 2. The first kappa shape index (κ1) is 26.6. The summed E-state index contributed by atoms with van der Waals surface area (Å²) in [6.45, 7) is 0. The standard InChI is InChI=1S/C26H28BrF4N3O2/c27-17-4-1-15(2-5-17)13-22(23(35)33-19-8-6-18(32)7-9-19)34-24(36)25(11-12-25)20-10-3-16(14-21(20)28)26(29,30)31/h1-5,10,14,18-19,22H,6-9,11-13,32H2,(H,33,35)(H,34,36)/t18-,19+,22?. The molecule has 0 spiro atoms.